The van der Waals surface area contributed by atoms with Crippen molar-refractivity contribution >= 4 is 86.6 Å². The van der Waals surface area contributed by atoms with E-state index in [1.54, 1.807) is 0 Å². The van der Waals surface area contributed by atoms with Gasteiger partial charge in [-0.2, -0.15) is 0 Å². The van der Waals surface area contributed by atoms with Crippen molar-refractivity contribution in [2.24, 2.45) is 0 Å². The molecule has 13 rings (SSSR count). The van der Waals surface area contributed by atoms with E-state index >= 15 is 0 Å². The molecular formula is C54H30IO-. The van der Waals surface area contributed by atoms with E-state index in [-0.39, 0.29) is 21.2 Å². The average molecular weight is 822 g/mol. The third-order valence-electron chi connectivity index (χ3n) is 12.2. The summed E-state index contributed by atoms with van der Waals surface area (Å²) in [6, 6.07) is 67.7. The molecule has 0 N–H and O–H groups in total. The molecule has 11 aromatic carbocycles. The second-order valence-corrected chi connectivity index (χ2v) is 18.0. The normalized spacial score (nSPS) is 12.7. The molecule has 1 aliphatic heterocycles. The molecule has 0 radical (unpaired) electrons. The van der Waals surface area contributed by atoms with Crippen LogP contribution in [0.4, 0.5) is 0 Å². The molecule has 0 unspecified atom stereocenters. The van der Waals surface area contributed by atoms with Gasteiger partial charge in [0.25, 0.3) is 0 Å². The Bertz CT molecular complexity index is 3610. The van der Waals surface area contributed by atoms with Gasteiger partial charge in [-0.05, 0) is 5.39 Å². The summed E-state index contributed by atoms with van der Waals surface area (Å²) in [7, 11) is 0. The summed E-state index contributed by atoms with van der Waals surface area (Å²) in [4.78, 5) is 0. The van der Waals surface area contributed by atoms with Crippen molar-refractivity contribution in [2.75, 3.05) is 0 Å². The summed E-state index contributed by atoms with van der Waals surface area (Å²) in [5, 5.41) is 18.0. The van der Waals surface area contributed by atoms with E-state index in [4.69, 9.17) is 4.42 Å². The van der Waals surface area contributed by atoms with Gasteiger partial charge in [0.05, 0.1) is 0 Å². The van der Waals surface area contributed by atoms with E-state index in [0.717, 1.165) is 11.2 Å². The Morgan fingerprint density at radius 3 is 1.14 bits per heavy atom. The third kappa shape index (κ3) is 4.36. The monoisotopic (exact) mass is 821 g/mol. The molecule has 260 valence electrons. The quantitative estimate of drug-likeness (QED) is 0.125. The number of fused-ring (bicyclic) bond motifs is 18. The number of hydrogen-bond acceptors (Lipinski definition) is 1. The van der Waals surface area contributed by atoms with Crippen LogP contribution in [0.1, 0.15) is 0 Å². The molecule has 0 atom stereocenters. The van der Waals surface area contributed by atoms with Crippen LogP contribution in [0.3, 0.4) is 0 Å². The summed E-state index contributed by atoms with van der Waals surface area (Å²) in [6.45, 7) is 0. The van der Waals surface area contributed by atoms with Gasteiger partial charge >= 0.3 is 287 Å². The molecule has 0 bridgehead atoms. The Labute approximate surface area is 332 Å². The van der Waals surface area contributed by atoms with Crippen LogP contribution in [-0.2, 0) is 0 Å². The maximum absolute atomic E-state index is 6.68. The van der Waals surface area contributed by atoms with Gasteiger partial charge < -0.3 is 0 Å². The topological polar surface area (TPSA) is 13.1 Å². The summed E-state index contributed by atoms with van der Waals surface area (Å²) >= 11 is -0.337. The van der Waals surface area contributed by atoms with E-state index in [1.807, 2.05) is 0 Å². The third-order valence-corrected chi connectivity index (χ3v) is 15.1. The van der Waals surface area contributed by atoms with Crippen LogP contribution in [0.5, 0.6) is 0 Å². The zero-order chi connectivity index (χ0) is 36.5. The van der Waals surface area contributed by atoms with Gasteiger partial charge in [0.1, 0.15) is 0 Å². The SMILES string of the molecule is c1ccc2c(c1)c1ccccc1c1cc(-c3ccc4c(c3)[I-]c3cc5c(cc3-4)oc3cc(-c4ccc6c7ccccc7c7ccccc7c6c4)ccc35)ccc21. The Kier molecular flexibility index (Phi) is 6.33. The van der Waals surface area contributed by atoms with Gasteiger partial charge in [-0.15, -0.1) is 0 Å². The molecular weight excluding hydrogens is 791 g/mol. The fraction of sp³-hybridized carbons (Fsp3) is 0. The zero-order valence-corrected chi connectivity index (χ0v) is 32.3. The summed E-state index contributed by atoms with van der Waals surface area (Å²) in [5.41, 5.74) is 9.51. The molecule has 1 aromatic heterocycles. The van der Waals surface area contributed by atoms with Crippen molar-refractivity contribution in [1.29, 1.82) is 0 Å². The molecule has 56 heavy (non-hydrogen) atoms. The first-order valence-corrected chi connectivity index (χ1v) is 21.4. The zero-order valence-electron chi connectivity index (χ0n) is 30.1. The van der Waals surface area contributed by atoms with Gasteiger partial charge in [0.2, 0.25) is 0 Å². The van der Waals surface area contributed by atoms with Crippen molar-refractivity contribution in [3.8, 4) is 33.4 Å². The number of benzene rings is 11. The summed E-state index contributed by atoms with van der Waals surface area (Å²) < 4.78 is 9.64. The van der Waals surface area contributed by atoms with Crippen molar-refractivity contribution in [1.82, 2.24) is 0 Å². The van der Waals surface area contributed by atoms with Gasteiger partial charge in [-0.3, -0.25) is 0 Å². The maximum atomic E-state index is 6.68. The van der Waals surface area contributed by atoms with Crippen LogP contribution >= 0.6 is 0 Å². The number of halogens is 1. The molecule has 0 saturated carbocycles. The molecule has 0 amide bonds. The van der Waals surface area contributed by atoms with Gasteiger partial charge in [0, 0.05) is 0 Å². The predicted octanol–water partition coefficient (Wildman–Crippen LogP) is 11.9. The van der Waals surface area contributed by atoms with E-state index in [9.17, 15) is 0 Å². The molecule has 2 heterocycles. The van der Waals surface area contributed by atoms with Gasteiger partial charge in [0.15, 0.2) is 0 Å². The van der Waals surface area contributed by atoms with E-state index in [0.29, 0.717) is 0 Å². The van der Waals surface area contributed by atoms with Crippen molar-refractivity contribution < 1.29 is 25.6 Å². The van der Waals surface area contributed by atoms with Crippen molar-refractivity contribution in [3.63, 3.8) is 0 Å². The fourth-order valence-electron chi connectivity index (χ4n) is 9.54. The first-order valence-electron chi connectivity index (χ1n) is 19.2. The van der Waals surface area contributed by atoms with Crippen LogP contribution in [0.15, 0.2) is 186 Å². The molecule has 1 aliphatic rings. The fourth-order valence-corrected chi connectivity index (χ4v) is 12.6. The molecule has 0 aliphatic carbocycles. The van der Waals surface area contributed by atoms with Crippen LogP contribution < -0.4 is 21.2 Å². The molecule has 1 nitrogen and oxygen atoms in total. The Morgan fingerprint density at radius 2 is 0.625 bits per heavy atom. The van der Waals surface area contributed by atoms with E-state index in [2.05, 4.69) is 182 Å². The number of furan rings is 1. The Balaban J connectivity index is 0.886. The first-order chi connectivity index (χ1) is 27.7. The van der Waals surface area contributed by atoms with Gasteiger partial charge in [-0.25, -0.2) is 0 Å². The minimum absolute atomic E-state index is 0.337. The summed E-state index contributed by atoms with van der Waals surface area (Å²) in [5.74, 6) is 0. The van der Waals surface area contributed by atoms with Crippen LogP contribution in [-0.4, -0.2) is 0 Å². The standard InChI is InChI=1S/C54H30IO/c1-3-13-39-35(9-1)37-11-5-7-15-41(37)47-25-31(17-21-43(39)47)33-19-23-45-49-30-54-50(29-52(49)55-51(45)27-33)46-24-20-34(28-53(46)56-54)32-18-22-44-40-14-4-2-10-36(40)38-12-6-8-16-42(38)48(44)26-32/h1-30H/q-1. The number of hydrogen-bond donors (Lipinski definition) is 0. The van der Waals surface area contributed by atoms with E-state index in [1.165, 1.54) is 116 Å². The molecule has 12 aromatic rings. The molecule has 0 fully saturated rings. The second kappa shape index (κ2) is 11.5. The van der Waals surface area contributed by atoms with Gasteiger partial charge in [-0.1, -0.05) is 42.5 Å². The number of rotatable bonds is 2. The Hall–Kier alpha value is -6.49. The summed E-state index contributed by atoms with van der Waals surface area (Å²) in [6.07, 6.45) is 0. The van der Waals surface area contributed by atoms with Crippen molar-refractivity contribution in [3.05, 3.63) is 189 Å². The molecule has 0 spiro atoms. The van der Waals surface area contributed by atoms with Crippen LogP contribution in [0.2, 0.25) is 0 Å². The van der Waals surface area contributed by atoms with Crippen molar-refractivity contribution in [2.45, 2.75) is 0 Å². The molecule has 2 heteroatoms. The average Bonchev–Trinajstić information content (AvgIpc) is 3.81. The Morgan fingerprint density at radius 1 is 0.250 bits per heavy atom. The predicted molar refractivity (Wildman–Crippen MR) is 232 cm³/mol. The van der Waals surface area contributed by atoms with E-state index < -0.39 is 0 Å². The first kappa shape index (κ1) is 30.8. The molecule has 0 saturated heterocycles. The van der Waals surface area contributed by atoms with Crippen LogP contribution in [0, 0.1) is 7.14 Å². The second-order valence-electron chi connectivity index (χ2n) is 15.1. The minimum atomic E-state index is -0.337. The van der Waals surface area contributed by atoms with Crippen LogP contribution in [0.25, 0.3) is 120 Å².